The van der Waals surface area contributed by atoms with E-state index < -0.39 is 15.9 Å². The molecule has 0 aliphatic carbocycles. The molecule has 1 atom stereocenters. The largest absolute Gasteiger partial charge is 0.345 e. The quantitative estimate of drug-likeness (QED) is 0.899. The number of amides is 1. The molecule has 1 aromatic carbocycles. The first-order valence-electron chi connectivity index (χ1n) is 5.35. The van der Waals surface area contributed by atoms with Crippen LogP contribution in [0.3, 0.4) is 0 Å². The maximum atomic E-state index is 12.0. The Hall–Kier alpha value is -1.14. The zero-order valence-corrected chi connectivity index (χ0v) is 12.1. The van der Waals surface area contributed by atoms with Gasteiger partial charge in [-0.25, -0.2) is 8.42 Å². The van der Waals surface area contributed by atoms with Crippen LogP contribution >= 0.6 is 15.9 Å². The Morgan fingerprint density at radius 1 is 1.39 bits per heavy atom. The molecule has 0 spiro atoms. The van der Waals surface area contributed by atoms with E-state index in [2.05, 4.69) is 21.2 Å². The molecule has 0 radical (unpaired) electrons. The van der Waals surface area contributed by atoms with E-state index in [1.54, 1.807) is 12.1 Å². The highest BCUT2D eigenvalue weighted by atomic mass is 79.9. The summed E-state index contributed by atoms with van der Waals surface area (Å²) in [5.74, 6) is -0.336. The molecule has 1 N–H and O–H groups in total. The predicted molar refractivity (Wildman–Crippen MR) is 73.1 cm³/mol. The highest BCUT2D eigenvalue weighted by Crippen LogP contribution is 2.16. The fourth-order valence-electron chi connectivity index (χ4n) is 1.78. The molecule has 1 aromatic rings. The lowest BCUT2D eigenvalue weighted by Gasteiger charge is -2.10. The number of sulfone groups is 1. The zero-order valence-electron chi connectivity index (χ0n) is 9.68. The molecule has 4 nitrogen and oxygen atoms in total. The van der Waals surface area contributed by atoms with Crippen LogP contribution in [0.25, 0.3) is 0 Å². The van der Waals surface area contributed by atoms with Crippen LogP contribution in [0.4, 0.5) is 0 Å². The van der Waals surface area contributed by atoms with Gasteiger partial charge in [-0.2, -0.15) is 0 Å². The molecule has 0 saturated carbocycles. The fourth-order valence-corrected chi connectivity index (χ4v) is 3.63. The lowest BCUT2D eigenvalue weighted by atomic mass is 10.1. The number of carbonyl (C=O) groups is 1. The number of aryl methyl sites for hydroxylation is 1. The van der Waals surface area contributed by atoms with Crippen molar-refractivity contribution in [3.63, 3.8) is 0 Å². The first-order chi connectivity index (χ1) is 8.35. The highest BCUT2D eigenvalue weighted by molar-refractivity contribution is 9.10. The average Bonchev–Trinajstić information content (AvgIpc) is 2.56. The van der Waals surface area contributed by atoms with E-state index in [1.807, 2.05) is 13.0 Å². The second-order valence-electron chi connectivity index (χ2n) is 4.26. The fraction of sp³-hybridized carbons (Fsp3) is 0.250. The lowest BCUT2D eigenvalue weighted by molar-refractivity contribution is 0.0947. The van der Waals surface area contributed by atoms with E-state index in [-0.39, 0.29) is 11.7 Å². The van der Waals surface area contributed by atoms with E-state index >= 15 is 0 Å². The molecule has 1 heterocycles. The summed E-state index contributed by atoms with van der Waals surface area (Å²) in [6, 6.07) is 4.92. The van der Waals surface area contributed by atoms with Crippen molar-refractivity contribution < 1.29 is 13.2 Å². The average molecular weight is 330 g/mol. The Balaban J connectivity index is 2.11. The van der Waals surface area contributed by atoms with Crippen LogP contribution in [0, 0.1) is 6.92 Å². The maximum Gasteiger partial charge on any atom is 0.251 e. The summed E-state index contributed by atoms with van der Waals surface area (Å²) in [4.78, 5) is 12.0. The summed E-state index contributed by atoms with van der Waals surface area (Å²) in [5, 5.41) is 3.82. The normalized spacial score (nSPS) is 20.9. The van der Waals surface area contributed by atoms with Gasteiger partial charge in [0.15, 0.2) is 9.84 Å². The molecule has 0 saturated heterocycles. The van der Waals surface area contributed by atoms with E-state index in [1.165, 1.54) is 6.08 Å². The Morgan fingerprint density at radius 2 is 2.11 bits per heavy atom. The SMILES string of the molecule is Cc1cc(Br)cc(C(=O)NC2C=CS(=O)(=O)C2)c1. The maximum absolute atomic E-state index is 12.0. The molecule has 0 fully saturated rings. The number of benzene rings is 1. The van der Waals surface area contributed by atoms with Crippen molar-refractivity contribution in [2.45, 2.75) is 13.0 Å². The zero-order chi connectivity index (χ0) is 13.3. The molecule has 1 amide bonds. The highest BCUT2D eigenvalue weighted by Gasteiger charge is 2.23. The van der Waals surface area contributed by atoms with Gasteiger partial charge in [-0.05, 0) is 36.8 Å². The van der Waals surface area contributed by atoms with Gasteiger partial charge < -0.3 is 5.32 Å². The summed E-state index contributed by atoms with van der Waals surface area (Å²) in [6.07, 6.45) is 1.50. The van der Waals surface area contributed by atoms with Crippen LogP contribution < -0.4 is 5.32 Å². The predicted octanol–water partition coefficient (Wildman–Crippen LogP) is 1.80. The van der Waals surface area contributed by atoms with Crippen molar-refractivity contribution in [1.29, 1.82) is 0 Å². The number of carbonyl (C=O) groups excluding carboxylic acids is 1. The number of rotatable bonds is 2. The van der Waals surface area contributed by atoms with E-state index in [9.17, 15) is 13.2 Å². The smallest absolute Gasteiger partial charge is 0.251 e. The van der Waals surface area contributed by atoms with Crippen LogP contribution in [0.15, 0.2) is 34.2 Å². The number of halogens is 1. The van der Waals surface area contributed by atoms with Crippen LogP contribution in [-0.4, -0.2) is 26.1 Å². The van der Waals surface area contributed by atoms with E-state index in [4.69, 9.17) is 0 Å². The van der Waals surface area contributed by atoms with Crippen LogP contribution in [0.1, 0.15) is 15.9 Å². The summed E-state index contributed by atoms with van der Waals surface area (Å²) >= 11 is 3.32. The van der Waals surface area contributed by atoms with Gasteiger partial charge in [-0.1, -0.05) is 15.9 Å². The molecule has 2 rings (SSSR count). The third-order valence-electron chi connectivity index (χ3n) is 2.55. The van der Waals surface area contributed by atoms with Gasteiger partial charge in [0.25, 0.3) is 5.91 Å². The second-order valence-corrected chi connectivity index (χ2v) is 7.10. The minimum Gasteiger partial charge on any atom is -0.345 e. The van der Waals surface area contributed by atoms with Crippen LogP contribution in [-0.2, 0) is 9.84 Å². The Bertz CT molecular complexity index is 602. The molecular formula is C12H12BrNO3S. The molecule has 1 unspecified atom stereocenters. The lowest BCUT2D eigenvalue weighted by Crippen LogP contribution is -2.35. The molecule has 96 valence electrons. The number of hydrogen-bond donors (Lipinski definition) is 1. The molecule has 1 aliphatic rings. The summed E-state index contributed by atoms with van der Waals surface area (Å²) in [7, 11) is -3.14. The van der Waals surface area contributed by atoms with Gasteiger partial charge in [-0.15, -0.1) is 0 Å². The van der Waals surface area contributed by atoms with Gasteiger partial charge >= 0.3 is 0 Å². The third kappa shape index (κ3) is 3.20. The van der Waals surface area contributed by atoms with Gasteiger partial charge in [0.05, 0.1) is 11.8 Å². The van der Waals surface area contributed by atoms with Gasteiger partial charge in [-0.3, -0.25) is 4.79 Å². The van der Waals surface area contributed by atoms with Gasteiger partial charge in [0.2, 0.25) is 0 Å². The minimum absolute atomic E-state index is 0.0638. The van der Waals surface area contributed by atoms with Crippen molar-refractivity contribution in [2.75, 3.05) is 5.75 Å². The van der Waals surface area contributed by atoms with Crippen molar-refractivity contribution in [3.05, 3.63) is 45.3 Å². The third-order valence-corrected chi connectivity index (χ3v) is 4.40. The van der Waals surface area contributed by atoms with Crippen molar-refractivity contribution in [3.8, 4) is 0 Å². The minimum atomic E-state index is -3.14. The number of hydrogen-bond acceptors (Lipinski definition) is 3. The van der Waals surface area contributed by atoms with Crippen molar-refractivity contribution in [1.82, 2.24) is 5.32 Å². The molecular weight excluding hydrogens is 318 g/mol. The van der Waals surface area contributed by atoms with Gasteiger partial charge in [0.1, 0.15) is 0 Å². The second kappa shape index (κ2) is 4.85. The topological polar surface area (TPSA) is 63.2 Å². The Labute approximate surface area is 114 Å². The van der Waals surface area contributed by atoms with Crippen molar-refractivity contribution >= 4 is 31.7 Å². The van der Waals surface area contributed by atoms with Crippen LogP contribution in [0.2, 0.25) is 0 Å². The van der Waals surface area contributed by atoms with Crippen molar-refractivity contribution in [2.24, 2.45) is 0 Å². The Morgan fingerprint density at radius 3 is 2.67 bits per heavy atom. The monoisotopic (exact) mass is 329 g/mol. The van der Waals surface area contributed by atoms with E-state index in [0.717, 1.165) is 15.4 Å². The first-order valence-corrected chi connectivity index (χ1v) is 7.85. The molecule has 6 heteroatoms. The van der Waals surface area contributed by atoms with Gasteiger partial charge in [0, 0.05) is 15.4 Å². The first kappa shape index (κ1) is 13.3. The molecule has 18 heavy (non-hydrogen) atoms. The summed E-state index contributed by atoms with van der Waals surface area (Å²) in [5.41, 5.74) is 1.48. The molecule has 0 aromatic heterocycles. The number of nitrogens with one attached hydrogen (secondary N) is 1. The molecule has 0 bridgehead atoms. The Kier molecular flexibility index (Phi) is 3.59. The summed E-state index contributed by atoms with van der Waals surface area (Å²) < 4.78 is 23.3. The van der Waals surface area contributed by atoms with E-state index in [0.29, 0.717) is 5.56 Å². The molecule has 1 aliphatic heterocycles. The summed E-state index contributed by atoms with van der Waals surface area (Å²) in [6.45, 7) is 1.89. The van der Waals surface area contributed by atoms with Crippen LogP contribution in [0.5, 0.6) is 0 Å². The standard InChI is InChI=1S/C12H12BrNO3S/c1-8-4-9(6-10(13)5-8)12(15)14-11-2-3-18(16,17)7-11/h2-6,11H,7H2,1H3,(H,14,15).